The summed E-state index contributed by atoms with van der Waals surface area (Å²) in [6, 6.07) is 9.31. The van der Waals surface area contributed by atoms with E-state index in [0.717, 1.165) is 0 Å². The SMILES string of the molecule is N#Cc1cc(N)cnc1Nc1cccc(F)c1C#N. The molecule has 0 aliphatic rings. The lowest BCUT2D eigenvalue weighted by molar-refractivity contribution is 0.624. The Bertz CT molecular complexity index is 712. The molecule has 2 rings (SSSR count). The molecule has 92 valence electrons. The van der Waals surface area contributed by atoms with Crippen LogP contribution in [0.5, 0.6) is 0 Å². The number of nitrogens with one attached hydrogen (secondary N) is 1. The van der Waals surface area contributed by atoms with E-state index in [-0.39, 0.29) is 22.6 Å². The number of benzene rings is 1. The Labute approximate surface area is 108 Å². The molecule has 1 aromatic carbocycles. The van der Waals surface area contributed by atoms with E-state index in [9.17, 15) is 4.39 Å². The highest BCUT2D eigenvalue weighted by atomic mass is 19.1. The minimum Gasteiger partial charge on any atom is -0.397 e. The third-order valence-electron chi connectivity index (χ3n) is 2.41. The summed E-state index contributed by atoms with van der Waals surface area (Å²) in [4.78, 5) is 3.96. The van der Waals surface area contributed by atoms with Gasteiger partial charge < -0.3 is 11.1 Å². The lowest BCUT2D eigenvalue weighted by Crippen LogP contribution is -2.01. The second-order valence-corrected chi connectivity index (χ2v) is 3.68. The Morgan fingerprint density at radius 1 is 1.26 bits per heavy atom. The van der Waals surface area contributed by atoms with Crippen LogP contribution in [0.3, 0.4) is 0 Å². The summed E-state index contributed by atoms with van der Waals surface area (Å²) in [6.07, 6.45) is 1.37. The molecule has 0 aliphatic carbocycles. The van der Waals surface area contributed by atoms with Gasteiger partial charge in [0, 0.05) is 0 Å². The van der Waals surface area contributed by atoms with Gasteiger partial charge in [-0.1, -0.05) is 6.07 Å². The largest absolute Gasteiger partial charge is 0.397 e. The smallest absolute Gasteiger partial charge is 0.148 e. The molecule has 0 unspecified atom stereocenters. The summed E-state index contributed by atoms with van der Waals surface area (Å²) in [6.45, 7) is 0. The summed E-state index contributed by atoms with van der Waals surface area (Å²) in [5.41, 5.74) is 6.20. The molecular formula is C13H8FN5. The maximum absolute atomic E-state index is 13.4. The molecule has 0 atom stereocenters. The van der Waals surface area contributed by atoms with E-state index in [0.29, 0.717) is 5.69 Å². The zero-order valence-corrected chi connectivity index (χ0v) is 9.68. The van der Waals surface area contributed by atoms with Gasteiger partial charge in [-0.2, -0.15) is 10.5 Å². The second-order valence-electron chi connectivity index (χ2n) is 3.68. The van der Waals surface area contributed by atoms with Gasteiger partial charge in [-0.15, -0.1) is 0 Å². The first-order valence-electron chi connectivity index (χ1n) is 5.27. The number of hydrogen-bond donors (Lipinski definition) is 2. The third-order valence-corrected chi connectivity index (χ3v) is 2.41. The molecule has 0 spiro atoms. The summed E-state index contributed by atoms with van der Waals surface area (Å²) >= 11 is 0. The van der Waals surface area contributed by atoms with Gasteiger partial charge >= 0.3 is 0 Å². The molecule has 0 fully saturated rings. The van der Waals surface area contributed by atoms with Crippen molar-refractivity contribution < 1.29 is 4.39 Å². The number of rotatable bonds is 2. The average molecular weight is 253 g/mol. The van der Waals surface area contributed by atoms with E-state index in [1.165, 1.54) is 30.5 Å². The first-order valence-corrected chi connectivity index (χ1v) is 5.27. The van der Waals surface area contributed by atoms with Crippen LogP contribution in [0.25, 0.3) is 0 Å². The molecule has 19 heavy (non-hydrogen) atoms. The zero-order valence-electron chi connectivity index (χ0n) is 9.68. The fourth-order valence-electron chi connectivity index (χ4n) is 1.54. The van der Waals surface area contributed by atoms with Crippen LogP contribution in [0, 0.1) is 28.5 Å². The van der Waals surface area contributed by atoms with Crippen LogP contribution in [0.2, 0.25) is 0 Å². The van der Waals surface area contributed by atoms with Crippen molar-refractivity contribution in [1.82, 2.24) is 4.98 Å². The Balaban J connectivity index is 2.46. The predicted octanol–water partition coefficient (Wildman–Crippen LogP) is 2.29. The lowest BCUT2D eigenvalue weighted by atomic mass is 10.1. The lowest BCUT2D eigenvalue weighted by Gasteiger charge is -2.09. The van der Waals surface area contributed by atoms with E-state index in [1.54, 1.807) is 6.07 Å². The fourth-order valence-corrected chi connectivity index (χ4v) is 1.54. The number of nitrogens with two attached hydrogens (primary N) is 1. The Kier molecular flexibility index (Phi) is 3.26. The number of nitrogens with zero attached hydrogens (tertiary/aromatic N) is 3. The molecule has 0 aliphatic heterocycles. The quantitative estimate of drug-likeness (QED) is 0.855. The Morgan fingerprint density at radius 2 is 2.05 bits per heavy atom. The van der Waals surface area contributed by atoms with Gasteiger partial charge in [0.25, 0.3) is 0 Å². The van der Waals surface area contributed by atoms with Crippen LogP contribution < -0.4 is 11.1 Å². The average Bonchev–Trinajstić information content (AvgIpc) is 2.41. The second kappa shape index (κ2) is 5.03. The summed E-state index contributed by atoms with van der Waals surface area (Å²) < 4.78 is 13.4. The number of pyridine rings is 1. The maximum atomic E-state index is 13.4. The molecule has 3 N–H and O–H groups in total. The molecule has 1 heterocycles. The predicted molar refractivity (Wildman–Crippen MR) is 67.8 cm³/mol. The van der Waals surface area contributed by atoms with Crippen molar-refractivity contribution in [3.8, 4) is 12.1 Å². The van der Waals surface area contributed by atoms with E-state index in [2.05, 4.69) is 10.3 Å². The summed E-state index contributed by atoms with van der Waals surface area (Å²) in [7, 11) is 0. The highest BCUT2D eigenvalue weighted by Gasteiger charge is 2.10. The first kappa shape index (κ1) is 12.3. The molecule has 0 saturated carbocycles. The van der Waals surface area contributed by atoms with Crippen LogP contribution >= 0.6 is 0 Å². The van der Waals surface area contributed by atoms with Gasteiger partial charge in [0.2, 0.25) is 0 Å². The van der Waals surface area contributed by atoms with Crippen LogP contribution in [0.4, 0.5) is 21.6 Å². The number of nitriles is 2. The van der Waals surface area contributed by atoms with Crippen molar-refractivity contribution >= 4 is 17.2 Å². The van der Waals surface area contributed by atoms with Gasteiger partial charge in [-0.05, 0) is 18.2 Å². The molecule has 5 nitrogen and oxygen atoms in total. The standard InChI is InChI=1S/C13H8FN5/c14-11-2-1-3-12(10(11)6-16)19-13-8(5-15)4-9(17)7-18-13/h1-4,7H,17H2,(H,18,19). The number of aromatic nitrogens is 1. The Morgan fingerprint density at radius 3 is 2.74 bits per heavy atom. The normalized spacial score (nSPS) is 9.42. The highest BCUT2D eigenvalue weighted by Crippen LogP contribution is 2.24. The minimum absolute atomic E-state index is 0.134. The van der Waals surface area contributed by atoms with Crippen molar-refractivity contribution in [2.24, 2.45) is 0 Å². The molecule has 0 bridgehead atoms. The molecule has 0 radical (unpaired) electrons. The van der Waals surface area contributed by atoms with Crippen molar-refractivity contribution in [1.29, 1.82) is 10.5 Å². The fraction of sp³-hybridized carbons (Fsp3) is 0. The van der Waals surface area contributed by atoms with E-state index < -0.39 is 5.82 Å². The van der Waals surface area contributed by atoms with Crippen LogP contribution in [0.1, 0.15) is 11.1 Å². The van der Waals surface area contributed by atoms with Crippen molar-refractivity contribution in [3.05, 3.63) is 47.4 Å². The number of halogens is 1. The van der Waals surface area contributed by atoms with Crippen LogP contribution in [0.15, 0.2) is 30.5 Å². The number of nitrogen functional groups attached to an aromatic ring is 1. The molecule has 0 saturated heterocycles. The van der Waals surface area contributed by atoms with E-state index in [1.807, 2.05) is 6.07 Å². The topological polar surface area (TPSA) is 98.5 Å². The highest BCUT2D eigenvalue weighted by molar-refractivity contribution is 5.69. The molecule has 2 aromatic rings. The zero-order chi connectivity index (χ0) is 13.8. The first-order chi connectivity index (χ1) is 9.15. The number of anilines is 3. The van der Waals surface area contributed by atoms with E-state index in [4.69, 9.17) is 16.3 Å². The van der Waals surface area contributed by atoms with Crippen LogP contribution in [-0.2, 0) is 0 Å². The third kappa shape index (κ3) is 2.43. The molecular weight excluding hydrogens is 245 g/mol. The van der Waals surface area contributed by atoms with Gasteiger partial charge in [0.1, 0.15) is 29.3 Å². The molecule has 0 amide bonds. The summed E-state index contributed by atoms with van der Waals surface area (Å²) in [5, 5.41) is 20.6. The van der Waals surface area contributed by atoms with Gasteiger partial charge in [-0.3, -0.25) is 0 Å². The van der Waals surface area contributed by atoms with Gasteiger partial charge in [0.05, 0.1) is 23.1 Å². The number of hydrogen-bond acceptors (Lipinski definition) is 5. The van der Waals surface area contributed by atoms with Crippen molar-refractivity contribution in [2.45, 2.75) is 0 Å². The Hall–Kier alpha value is -3.12. The summed E-state index contributed by atoms with van der Waals surface area (Å²) in [5.74, 6) is -0.416. The van der Waals surface area contributed by atoms with Gasteiger partial charge in [-0.25, -0.2) is 9.37 Å². The van der Waals surface area contributed by atoms with Crippen LogP contribution in [-0.4, -0.2) is 4.98 Å². The monoisotopic (exact) mass is 253 g/mol. The van der Waals surface area contributed by atoms with Crippen molar-refractivity contribution in [2.75, 3.05) is 11.1 Å². The maximum Gasteiger partial charge on any atom is 0.148 e. The van der Waals surface area contributed by atoms with E-state index >= 15 is 0 Å². The van der Waals surface area contributed by atoms with Crippen molar-refractivity contribution in [3.63, 3.8) is 0 Å². The van der Waals surface area contributed by atoms with Gasteiger partial charge in [0.15, 0.2) is 0 Å². The minimum atomic E-state index is -0.638. The molecule has 1 aromatic heterocycles. The molecule has 6 heteroatoms.